The van der Waals surface area contributed by atoms with Gasteiger partial charge in [0.2, 0.25) is 0 Å². The number of hydrogen-bond acceptors (Lipinski definition) is 2. The number of aliphatic hydroxyl groups is 2. The van der Waals surface area contributed by atoms with E-state index in [1.165, 1.54) is 0 Å². The summed E-state index contributed by atoms with van der Waals surface area (Å²) in [5.41, 5.74) is -0.0419. The fourth-order valence-corrected chi connectivity index (χ4v) is 2.82. The molecule has 0 heterocycles. The van der Waals surface area contributed by atoms with Gasteiger partial charge in [-0.25, -0.2) is 0 Å². The van der Waals surface area contributed by atoms with E-state index >= 15 is 0 Å². The lowest BCUT2D eigenvalue weighted by atomic mass is 9.54. The van der Waals surface area contributed by atoms with Crippen LogP contribution in [0.4, 0.5) is 0 Å². The fraction of sp³-hybridized carbons (Fsp3) is 1.00. The van der Waals surface area contributed by atoms with Crippen molar-refractivity contribution in [2.75, 3.05) is 6.61 Å². The molecule has 2 nitrogen and oxygen atoms in total. The number of hydrogen-bond donors (Lipinski definition) is 2. The van der Waals surface area contributed by atoms with E-state index in [-0.39, 0.29) is 23.5 Å². The third kappa shape index (κ3) is 1.59. The van der Waals surface area contributed by atoms with E-state index in [2.05, 4.69) is 20.8 Å². The van der Waals surface area contributed by atoms with Crippen LogP contribution in [0.15, 0.2) is 0 Å². The van der Waals surface area contributed by atoms with Gasteiger partial charge in [-0.1, -0.05) is 34.1 Å². The Morgan fingerprint density at radius 3 is 2.36 bits per heavy atom. The van der Waals surface area contributed by atoms with Crippen molar-refractivity contribution >= 4 is 0 Å². The molecule has 1 aliphatic rings. The van der Waals surface area contributed by atoms with Crippen LogP contribution in [-0.4, -0.2) is 22.9 Å². The lowest BCUT2D eigenvalue weighted by Crippen LogP contribution is -2.52. The molecule has 1 fully saturated rings. The maximum Gasteiger partial charge on any atom is 0.0618 e. The molecule has 0 aromatic carbocycles. The van der Waals surface area contributed by atoms with E-state index in [0.29, 0.717) is 5.92 Å². The van der Waals surface area contributed by atoms with Crippen LogP contribution in [0.25, 0.3) is 0 Å². The van der Waals surface area contributed by atoms with Crippen molar-refractivity contribution in [1.82, 2.24) is 0 Å². The van der Waals surface area contributed by atoms with Crippen LogP contribution >= 0.6 is 0 Å². The summed E-state index contributed by atoms with van der Waals surface area (Å²) in [6.45, 7) is 8.74. The Bertz CT molecular complexity index is 204. The lowest BCUT2D eigenvalue weighted by molar-refractivity contribution is -0.122. The molecule has 2 heteroatoms. The molecule has 0 amide bonds. The largest absolute Gasteiger partial charge is 0.396 e. The highest BCUT2D eigenvalue weighted by molar-refractivity contribution is 4.99. The highest BCUT2D eigenvalue weighted by Gasteiger charge is 2.49. The first-order valence-corrected chi connectivity index (χ1v) is 5.69. The fourth-order valence-electron chi connectivity index (χ4n) is 2.82. The van der Waals surface area contributed by atoms with Crippen molar-refractivity contribution in [2.24, 2.45) is 16.7 Å². The molecule has 2 N–H and O–H groups in total. The lowest BCUT2D eigenvalue weighted by Gasteiger charge is -2.52. The first kappa shape index (κ1) is 12.0. The maximum atomic E-state index is 9.97. The molecule has 84 valence electrons. The second-order valence-electron chi connectivity index (χ2n) is 5.45. The molecule has 0 aromatic heterocycles. The average molecular weight is 200 g/mol. The molecule has 0 spiro atoms. The minimum absolute atomic E-state index is 0.0882. The van der Waals surface area contributed by atoms with E-state index in [4.69, 9.17) is 0 Å². The van der Waals surface area contributed by atoms with Gasteiger partial charge in [0, 0.05) is 5.41 Å². The molecule has 0 radical (unpaired) electrons. The van der Waals surface area contributed by atoms with E-state index in [0.717, 1.165) is 19.3 Å². The zero-order valence-electron chi connectivity index (χ0n) is 9.88. The van der Waals surface area contributed by atoms with E-state index in [1.54, 1.807) is 0 Å². The highest BCUT2D eigenvalue weighted by Crippen LogP contribution is 2.52. The second-order valence-corrected chi connectivity index (χ2v) is 5.45. The van der Waals surface area contributed by atoms with Crippen molar-refractivity contribution in [3.05, 3.63) is 0 Å². The number of aliphatic hydroxyl groups excluding tert-OH is 2. The number of rotatable bonds is 2. The summed E-state index contributed by atoms with van der Waals surface area (Å²) in [6, 6.07) is 0. The molecule has 0 aromatic rings. The Kier molecular flexibility index (Phi) is 3.27. The van der Waals surface area contributed by atoms with E-state index in [1.807, 2.05) is 6.92 Å². The minimum Gasteiger partial charge on any atom is -0.396 e. The van der Waals surface area contributed by atoms with Crippen LogP contribution in [-0.2, 0) is 0 Å². The highest BCUT2D eigenvalue weighted by atomic mass is 16.3. The Balaban J connectivity index is 2.94. The summed E-state index contributed by atoms with van der Waals surface area (Å²) in [5.74, 6) is 0.369. The predicted octanol–water partition coefficient (Wildman–Crippen LogP) is 2.19. The van der Waals surface area contributed by atoms with Crippen LogP contribution in [0.3, 0.4) is 0 Å². The molecule has 4 unspecified atom stereocenters. The van der Waals surface area contributed by atoms with Gasteiger partial charge in [-0.15, -0.1) is 0 Å². The topological polar surface area (TPSA) is 40.5 Å². The molecule has 0 bridgehead atoms. The normalized spacial score (nSPS) is 49.3. The van der Waals surface area contributed by atoms with Gasteiger partial charge in [0.05, 0.1) is 12.7 Å². The van der Waals surface area contributed by atoms with Crippen molar-refractivity contribution in [1.29, 1.82) is 0 Å². The summed E-state index contributed by atoms with van der Waals surface area (Å²) in [7, 11) is 0. The summed E-state index contributed by atoms with van der Waals surface area (Å²) in [4.78, 5) is 0. The third-order valence-corrected chi connectivity index (χ3v) is 4.93. The standard InChI is InChI=1S/C12H24O2/c1-5-11(3)7-6-10(14)12(4,8-13)9(11)2/h9-10,13-14H,5-8H2,1-4H3. The van der Waals surface area contributed by atoms with Crippen molar-refractivity contribution < 1.29 is 10.2 Å². The minimum atomic E-state index is -0.345. The van der Waals surface area contributed by atoms with E-state index < -0.39 is 0 Å². The zero-order chi connectivity index (χ0) is 11.0. The van der Waals surface area contributed by atoms with Crippen LogP contribution in [0.1, 0.15) is 47.0 Å². The Morgan fingerprint density at radius 2 is 1.93 bits per heavy atom. The molecule has 14 heavy (non-hydrogen) atoms. The molecule has 0 saturated heterocycles. The second kappa shape index (κ2) is 3.82. The van der Waals surface area contributed by atoms with Crippen LogP contribution in [0.5, 0.6) is 0 Å². The summed E-state index contributed by atoms with van der Waals surface area (Å²) in [5, 5.41) is 19.4. The predicted molar refractivity (Wildman–Crippen MR) is 58.0 cm³/mol. The molecule has 4 atom stereocenters. The van der Waals surface area contributed by atoms with Gasteiger partial charge >= 0.3 is 0 Å². The Hall–Kier alpha value is -0.0800. The smallest absolute Gasteiger partial charge is 0.0618 e. The summed E-state index contributed by atoms with van der Waals surface area (Å²) >= 11 is 0. The van der Waals surface area contributed by atoms with Gasteiger partial charge < -0.3 is 10.2 Å². The molecule has 1 saturated carbocycles. The van der Waals surface area contributed by atoms with Gasteiger partial charge in [0.25, 0.3) is 0 Å². The van der Waals surface area contributed by atoms with Gasteiger partial charge in [0.15, 0.2) is 0 Å². The van der Waals surface area contributed by atoms with Gasteiger partial charge in [-0.3, -0.25) is 0 Å². The molecular formula is C12H24O2. The van der Waals surface area contributed by atoms with E-state index in [9.17, 15) is 10.2 Å². The Labute approximate surface area is 87.3 Å². The molecule has 0 aliphatic heterocycles. The quantitative estimate of drug-likeness (QED) is 0.717. The van der Waals surface area contributed by atoms with Gasteiger partial charge in [-0.2, -0.15) is 0 Å². The molecular weight excluding hydrogens is 176 g/mol. The van der Waals surface area contributed by atoms with Crippen LogP contribution < -0.4 is 0 Å². The van der Waals surface area contributed by atoms with Crippen LogP contribution in [0, 0.1) is 16.7 Å². The van der Waals surface area contributed by atoms with Crippen molar-refractivity contribution in [3.8, 4) is 0 Å². The van der Waals surface area contributed by atoms with Crippen molar-refractivity contribution in [2.45, 2.75) is 53.1 Å². The summed E-state index contributed by atoms with van der Waals surface area (Å²) in [6.07, 6.45) is 2.67. The first-order chi connectivity index (χ1) is 6.40. The monoisotopic (exact) mass is 200 g/mol. The van der Waals surface area contributed by atoms with Crippen LogP contribution in [0.2, 0.25) is 0 Å². The SMILES string of the molecule is CCC1(C)CCC(O)C(C)(CO)C1C. The third-order valence-electron chi connectivity index (χ3n) is 4.93. The molecule has 1 aliphatic carbocycles. The molecule has 1 rings (SSSR count). The average Bonchev–Trinajstić information content (AvgIpc) is 2.21. The zero-order valence-corrected chi connectivity index (χ0v) is 9.88. The Morgan fingerprint density at radius 1 is 1.36 bits per heavy atom. The van der Waals surface area contributed by atoms with Crippen molar-refractivity contribution in [3.63, 3.8) is 0 Å². The van der Waals surface area contributed by atoms with Gasteiger partial charge in [0.1, 0.15) is 0 Å². The maximum absolute atomic E-state index is 9.97. The first-order valence-electron chi connectivity index (χ1n) is 5.69. The van der Waals surface area contributed by atoms with Gasteiger partial charge in [-0.05, 0) is 24.2 Å². The summed E-state index contributed by atoms with van der Waals surface area (Å²) < 4.78 is 0.